The zero-order valence-electron chi connectivity index (χ0n) is 26.2. The van der Waals surface area contributed by atoms with Gasteiger partial charge in [0.15, 0.2) is 5.17 Å². The molecular weight excluding hydrogens is 685 g/mol. The molecular formula is C36H33Cl2N5O5S. The smallest absolute Gasteiger partial charge is 0.330 e. The SMILES string of the molecule is O=C(CNC(=O)c1cccc(NC2=NCCCS2)c1)NC[C@H](NC(=O)c1c(Cl)cc(-c2ccccc2)cc1Cl)C(=O)OCc1ccccc1. The first kappa shape index (κ1) is 35.5. The average Bonchev–Trinajstić information content (AvgIpc) is 3.12. The fourth-order valence-corrected chi connectivity index (χ4v) is 6.28. The second-order valence-corrected chi connectivity index (χ2v) is 12.8. The molecule has 4 aromatic rings. The molecule has 0 saturated carbocycles. The van der Waals surface area contributed by atoms with E-state index in [2.05, 4.69) is 26.3 Å². The minimum atomic E-state index is -1.31. The maximum atomic E-state index is 13.4. The Bertz CT molecular complexity index is 1820. The van der Waals surface area contributed by atoms with E-state index < -0.39 is 29.7 Å². The summed E-state index contributed by atoms with van der Waals surface area (Å²) < 4.78 is 5.46. The van der Waals surface area contributed by atoms with Gasteiger partial charge < -0.3 is 26.0 Å². The van der Waals surface area contributed by atoms with Gasteiger partial charge in [0.25, 0.3) is 11.8 Å². The van der Waals surface area contributed by atoms with E-state index in [1.807, 2.05) is 42.5 Å². The molecule has 1 heterocycles. The first-order chi connectivity index (χ1) is 23.8. The van der Waals surface area contributed by atoms with Crippen LogP contribution in [0.4, 0.5) is 5.69 Å². The zero-order chi connectivity index (χ0) is 34.6. The minimum Gasteiger partial charge on any atom is -0.459 e. The van der Waals surface area contributed by atoms with Crippen LogP contribution in [0.3, 0.4) is 0 Å². The van der Waals surface area contributed by atoms with Crippen molar-refractivity contribution in [3.05, 3.63) is 124 Å². The van der Waals surface area contributed by atoms with Crippen molar-refractivity contribution in [2.24, 2.45) is 4.99 Å². The number of benzene rings is 4. The summed E-state index contributed by atoms with van der Waals surface area (Å²) in [6.07, 6.45) is 1.02. The maximum Gasteiger partial charge on any atom is 0.330 e. The number of aliphatic imine (C=N–C) groups is 1. The van der Waals surface area contributed by atoms with E-state index in [-0.39, 0.29) is 35.3 Å². The molecule has 10 nitrogen and oxygen atoms in total. The van der Waals surface area contributed by atoms with Crippen LogP contribution >= 0.6 is 35.0 Å². The molecule has 3 amide bonds. The fourth-order valence-electron chi connectivity index (χ4n) is 4.78. The van der Waals surface area contributed by atoms with Crippen LogP contribution in [0.15, 0.2) is 102 Å². The molecule has 1 aliphatic heterocycles. The van der Waals surface area contributed by atoms with Crippen molar-refractivity contribution in [3.63, 3.8) is 0 Å². The first-order valence-corrected chi connectivity index (χ1v) is 17.2. The molecule has 4 N–H and O–H groups in total. The number of rotatable bonds is 12. The van der Waals surface area contributed by atoms with Crippen LogP contribution in [-0.2, 0) is 20.9 Å². The molecule has 49 heavy (non-hydrogen) atoms. The number of amidine groups is 1. The summed E-state index contributed by atoms with van der Waals surface area (Å²) in [4.78, 5) is 56.7. The highest BCUT2D eigenvalue weighted by Crippen LogP contribution is 2.32. The lowest BCUT2D eigenvalue weighted by atomic mass is 10.0. The predicted octanol–water partition coefficient (Wildman–Crippen LogP) is 5.95. The minimum absolute atomic E-state index is 0.0339. The van der Waals surface area contributed by atoms with Crippen molar-refractivity contribution in [1.29, 1.82) is 0 Å². The number of nitrogens with zero attached hydrogens (tertiary/aromatic N) is 1. The van der Waals surface area contributed by atoms with Crippen LogP contribution in [0.1, 0.15) is 32.7 Å². The molecule has 5 rings (SSSR count). The standard InChI is InChI=1S/C36H33Cl2N5O5S/c37-28-18-26(24-11-5-2-6-12-24)19-29(38)32(28)34(46)43-30(35(47)48-22-23-9-3-1-4-10-23)20-40-31(44)21-41-33(45)25-13-7-14-27(17-25)42-36-39-15-8-16-49-36/h1-7,9-14,17-19,30H,8,15-16,20-22H2,(H,39,42)(H,40,44)(H,41,45)(H,43,46)/t30-/m0/s1. The molecule has 0 unspecified atom stereocenters. The van der Waals surface area contributed by atoms with Crippen molar-refractivity contribution < 1.29 is 23.9 Å². The highest BCUT2D eigenvalue weighted by atomic mass is 35.5. The Labute approximate surface area is 298 Å². The molecule has 0 aromatic heterocycles. The number of esters is 1. The molecule has 4 aromatic carbocycles. The van der Waals surface area contributed by atoms with E-state index in [1.165, 1.54) is 0 Å². The molecule has 1 aliphatic rings. The Hall–Kier alpha value is -4.84. The van der Waals surface area contributed by atoms with Crippen molar-refractivity contribution in [2.75, 3.05) is 30.7 Å². The van der Waals surface area contributed by atoms with Crippen molar-refractivity contribution in [1.82, 2.24) is 16.0 Å². The lowest BCUT2D eigenvalue weighted by Gasteiger charge is -2.19. The predicted molar refractivity (Wildman–Crippen MR) is 194 cm³/mol. The van der Waals surface area contributed by atoms with Gasteiger partial charge in [0.2, 0.25) is 5.91 Å². The average molecular weight is 719 g/mol. The topological polar surface area (TPSA) is 138 Å². The van der Waals surface area contributed by atoms with Gasteiger partial charge >= 0.3 is 5.97 Å². The number of anilines is 1. The Kier molecular flexibility index (Phi) is 12.7. The Balaban J connectivity index is 1.21. The van der Waals surface area contributed by atoms with Crippen LogP contribution in [0.25, 0.3) is 11.1 Å². The summed E-state index contributed by atoms with van der Waals surface area (Å²) in [5.41, 5.74) is 3.32. The number of hydrogen-bond donors (Lipinski definition) is 4. The lowest BCUT2D eigenvalue weighted by Crippen LogP contribution is -2.50. The van der Waals surface area contributed by atoms with E-state index in [1.54, 1.807) is 66.4 Å². The molecule has 0 aliphatic carbocycles. The third-order valence-corrected chi connectivity index (χ3v) is 8.87. The highest BCUT2D eigenvalue weighted by Gasteiger charge is 2.26. The van der Waals surface area contributed by atoms with Crippen LogP contribution in [0, 0.1) is 0 Å². The van der Waals surface area contributed by atoms with E-state index in [4.69, 9.17) is 27.9 Å². The number of thioether (sulfide) groups is 1. The van der Waals surface area contributed by atoms with Crippen LogP contribution in [0.5, 0.6) is 0 Å². The third kappa shape index (κ3) is 10.3. The molecule has 13 heteroatoms. The number of hydrogen-bond acceptors (Lipinski definition) is 8. The van der Waals surface area contributed by atoms with Gasteiger partial charge in [0.1, 0.15) is 12.6 Å². The second kappa shape index (κ2) is 17.5. The van der Waals surface area contributed by atoms with Gasteiger partial charge in [0, 0.05) is 30.1 Å². The van der Waals surface area contributed by atoms with Gasteiger partial charge in [-0.2, -0.15) is 0 Å². The number of ether oxygens (including phenoxy) is 1. The Morgan fingerprint density at radius 3 is 2.22 bits per heavy atom. The van der Waals surface area contributed by atoms with E-state index in [9.17, 15) is 19.2 Å². The Morgan fingerprint density at radius 2 is 1.53 bits per heavy atom. The molecule has 0 bridgehead atoms. The number of carbonyl (C=O) groups is 4. The number of halogens is 2. The van der Waals surface area contributed by atoms with Gasteiger partial charge in [-0.3, -0.25) is 19.4 Å². The largest absolute Gasteiger partial charge is 0.459 e. The summed E-state index contributed by atoms with van der Waals surface area (Å²) in [7, 11) is 0. The van der Waals surface area contributed by atoms with Crippen LogP contribution < -0.4 is 21.3 Å². The fraction of sp³-hybridized carbons (Fsp3) is 0.194. The lowest BCUT2D eigenvalue weighted by molar-refractivity contribution is -0.147. The summed E-state index contributed by atoms with van der Waals surface area (Å²) in [5.74, 6) is -1.61. The zero-order valence-corrected chi connectivity index (χ0v) is 28.5. The van der Waals surface area contributed by atoms with Crippen molar-refractivity contribution >= 4 is 69.5 Å². The van der Waals surface area contributed by atoms with Crippen molar-refractivity contribution in [3.8, 4) is 11.1 Å². The van der Waals surface area contributed by atoms with E-state index in [0.717, 1.165) is 35.0 Å². The van der Waals surface area contributed by atoms with Crippen LogP contribution in [-0.4, -0.2) is 60.3 Å². The van der Waals surface area contributed by atoms with Crippen LogP contribution in [0.2, 0.25) is 10.0 Å². The van der Waals surface area contributed by atoms with E-state index in [0.29, 0.717) is 16.8 Å². The molecule has 252 valence electrons. The van der Waals surface area contributed by atoms with Gasteiger partial charge in [-0.05, 0) is 53.4 Å². The highest BCUT2D eigenvalue weighted by molar-refractivity contribution is 8.14. The Morgan fingerprint density at radius 1 is 0.816 bits per heavy atom. The number of nitrogens with one attached hydrogen (secondary N) is 4. The maximum absolute atomic E-state index is 13.4. The molecule has 0 spiro atoms. The van der Waals surface area contributed by atoms with Gasteiger partial charge in [0.05, 0.1) is 22.2 Å². The second-order valence-electron chi connectivity index (χ2n) is 10.9. The molecule has 1 atom stereocenters. The third-order valence-electron chi connectivity index (χ3n) is 7.28. The monoisotopic (exact) mass is 717 g/mol. The van der Waals surface area contributed by atoms with Gasteiger partial charge in [-0.1, -0.05) is 102 Å². The van der Waals surface area contributed by atoms with E-state index >= 15 is 0 Å². The quantitative estimate of drug-likeness (QED) is 0.133. The summed E-state index contributed by atoms with van der Waals surface area (Å²) >= 11 is 14.6. The molecule has 0 saturated heterocycles. The number of amides is 3. The number of carbonyl (C=O) groups excluding carboxylic acids is 4. The normalized spacial score (nSPS) is 13.0. The molecule has 0 radical (unpaired) electrons. The molecule has 0 fully saturated rings. The summed E-state index contributed by atoms with van der Waals surface area (Å²) in [5, 5.41) is 11.9. The summed E-state index contributed by atoms with van der Waals surface area (Å²) in [6, 6.07) is 27.2. The van der Waals surface area contributed by atoms with Gasteiger partial charge in [-0.15, -0.1) is 0 Å². The van der Waals surface area contributed by atoms with Crippen molar-refractivity contribution in [2.45, 2.75) is 19.1 Å². The first-order valence-electron chi connectivity index (χ1n) is 15.4. The van der Waals surface area contributed by atoms with Gasteiger partial charge in [-0.25, -0.2) is 4.79 Å². The summed E-state index contributed by atoms with van der Waals surface area (Å²) in [6.45, 7) is -0.00545.